The van der Waals surface area contributed by atoms with Crippen LogP contribution in [0.2, 0.25) is 0 Å². The SMILES string of the molecule is Nc1ccc(Cn2[c]ncc2)cc1. The van der Waals surface area contributed by atoms with Gasteiger partial charge in [-0.25, -0.2) is 4.98 Å². The van der Waals surface area contributed by atoms with Gasteiger partial charge in [0.05, 0.1) is 0 Å². The third kappa shape index (κ3) is 1.87. The van der Waals surface area contributed by atoms with E-state index in [0.717, 1.165) is 12.2 Å². The average molecular weight is 172 g/mol. The lowest BCUT2D eigenvalue weighted by molar-refractivity contribution is 0.790. The highest BCUT2D eigenvalue weighted by Crippen LogP contribution is 2.06. The monoisotopic (exact) mass is 172 g/mol. The van der Waals surface area contributed by atoms with Gasteiger partial charge in [0.2, 0.25) is 0 Å². The summed E-state index contributed by atoms with van der Waals surface area (Å²) in [6.07, 6.45) is 6.44. The van der Waals surface area contributed by atoms with Crippen molar-refractivity contribution in [1.82, 2.24) is 9.55 Å². The second-order valence-electron chi connectivity index (χ2n) is 2.90. The summed E-state index contributed by atoms with van der Waals surface area (Å²) in [7, 11) is 0. The van der Waals surface area contributed by atoms with Gasteiger partial charge in [-0.3, -0.25) is 0 Å². The van der Waals surface area contributed by atoms with Crippen LogP contribution in [0.15, 0.2) is 36.7 Å². The molecule has 0 spiro atoms. The van der Waals surface area contributed by atoms with Crippen LogP contribution in [0.5, 0.6) is 0 Å². The van der Waals surface area contributed by atoms with E-state index < -0.39 is 0 Å². The molecule has 1 heterocycles. The summed E-state index contributed by atoms with van der Waals surface area (Å²) in [6, 6.07) is 7.80. The number of hydrogen-bond donors (Lipinski definition) is 1. The van der Waals surface area contributed by atoms with E-state index in [0.29, 0.717) is 0 Å². The van der Waals surface area contributed by atoms with E-state index >= 15 is 0 Å². The van der Waals surface area contributed by atoms with Crippen LogP contribution in [0.3, 0.4) is 0 Å². The zero-order chi connectivity index (χ0) is 9.10. The molecule has 0 aliphatic rings. The van der Waals surface area contributed by atoms with Gasteiger partial charge < -0.3 is 10.3 Å². The maximum atomic E-state index is 5.57. The Kier molecular flexibility index (Phi) is 2.00. The first-order valence-electron chi connectivity index (χ1n) is 4.08. The molecule has 0 fully saturated rings. The van der Waals surface area contributed by atoms with E-state index in [1.165, 1.54) is 5.56 Å². The number of nitrogens with zero attached hydrogens (tertiary/aromatic N) is 2. The summed E-state index contributed by atoms with van der Waals surface area (Å²) < 4.78 is 1.89. The third-order valence-corrected chi connectivity index (χ3v) is 1.84. The first-order valence-corrected chi connectivity index (χ1v) is 4.08. The Morgan fingerprint density at radius 3 is 2.69 bits per heavy atom. The molecule has 2 N–H and O–H groups in total. The number of hydrogen-bond acceptors (Lipinski definition) is 2. The molecule has 0 saturated carbocycles. The van der Waals surface area contributed by atoms with Crippen LogP contribution in [0.1, 0.15) is 5.56 Å². The molecule has 0 saturated heterocycles. The fourth-order valence-corrected chi connectivity index (χ4v) is 1.16. The summed E-state index contributed by atoms with van der Waals surface area (Å²) >= 11 is 0. The van der Waals surface area contributed by atoms with Gasteiger partial charge in [0.1, 0.15) is 0 Å². The smallest absolute Gasteiger partial charge is 0.176 e. The maximum Gasteiger partial charge on any atom is 0.176 e. The van der Waals surface area contributed by atoms with Gasteiger partial charge in [0.15, 0.2) is 6.33 Å². The van der Waals surface area contributed by atoms with Crippen LogP contribution in [0.25, 0.3) is 0 Å². The lowest BCUT2D eigenvalue weighted by atomic mass is 10.2. The highest BCUT2D eigenvalue weighted by molar-refractivity contribution is 5.39. The van der Waals surface area contributed by atoms with Crippen molar-refractivity contribution < 1.29 is 0 Å². The Balaban J connectivity index is 2.15. The van der Waals surface area contributed by atoms with E-state index in [1.807, 2.05) is 35.0 Å². The highest BCUT2D eigenvalue weighted by Gasteiger charge is 1.93. The zero-order valence-corrected chi connectivity index (χ0v) is 7.14. The molecular formula is C10H10N3. The summed E-state index contributed by atoms with van der Waals surface area (Å²) in [5.41, 5.74) is 7.56. The Morgan fingerprint density at radius 1 is 1.31 bits per heavy atom. The van der Waals surface area contributed by atoms with Gasteiger partial charge in [-0.15, -0.1) is 0 Å². The fourth-order valence-electron chi connectivity index (χ4n) is 1.16. The van der Waals surface area contributed by atoms with Crippen LogP contribution in [0, 0.1) is 6.33 Å². The molecule has 2 rings (SSSR count). The lowest BCUT2D eigenvalue weighted by Crippen LogP contribution is -1.96. The molecule has 1 aromatic carbocycles. The standard InChI is InChI=1S/C10H10N3/c11-10-3-1-9(2-4-10)7-13-6-5-12-8-13/h1-6H,7,11H2. The predicted molar refractivity (Wildman–Crippen MR) is 51.0 cm³/mol. The van der Waals surface area contributed by atoms with E-state index in [2.05, 4.69) is 11.3 Å². The van der Waals surface area contributed by atoms with Crippen molar-refractivity contribution in [2.45, 2.75) is 6.54 Å². The van der Waals surface area contributed by atoms with Gasteiger partial charge in [0.25, 0.3) is 0 Å². The normalized spacial score (nSPS) is 10.2. The summed E-state index contributed by atoms with van der Waals surface area (Å²) in [5, 5.41) is 0. The molecule has 0 atom stereocenters. The van der Waals surface area contributed by atoms with E-state index in [-0.39, 0.29) is 0 Å². The number of aromatic nitrogens is 2. The van der Waals surface area contributed by atoms with Crippen LogP contribution >= 0.6 is 0 Å². The summed E-state index contributed by atoms with van der Waals surface area (Å²) in [4.78, 5) is 3.85. The minimum Gasteiger partial charge on any atom is -0.399 e. The van der Waals surface area contributed by atoms with E-state index in [1.54, 1.807) is 6.20 Å². The van der Waals surface area contributed by atoms with Gasteiger partial charge in [-0.05, 0) is 17.7 Å². The van der Waals surface area contributed by atoms with Crippen molar-refractivity contribution in [2.24, 2.45) is 0 Å². The van der Waals surface area contributed by atoms with Crippen LogP contribution < -0.4 is 5.73 Å². The molecule has 1 aromatic heterocycles. The Hall–Kier alpha value is -1.77. The van der Waals surface area contributed by atoms with Crippen molar-refractivity contribution >= 4 is 5.69 Å². The van der Waals surface area contributed by atoms with Crippen LogP contribution in [-0.4, -0.2) is 9.55 Å². The molecule has 13 heavy (non-hydrogen) atoms. The Bertz CT molecular complexity index is 362. The average Bonchev–Trinajstić information content (AvgIpc) is 2.62. The number of imidazole rings is 1. The molecule has 3 heteroatoms. The van der Waals surface area contributed by atoms with Crippen molar-refractivity contribution in [1.29, 1.82) is 0 Å². The molecule has 0 amide bonds. The summed E-state index contributed by atoms with van der Waals surface area (Å²) in [6.45, 7) is 0.792. The van der Waals surface area contributed by atoms with Crippen molar-refractivity contribution in [3.05, 3.63) is 48.5 Å². The topological polar surface area (TPSA) is 43.8 Å². The molecule has 1 radical (unpaired) electrons. The molecule has 2 aromatic rings. The minimum absolute atomic E-state index is 0.790. The minimum atomic E-state index is 0.790. The van der Waals surface area contributed by atoms with Crippen molar-refractivity contribution in [3.63, 3.8) is 0 Å². The van der Waals surface area contributed by atoms with Gasteiger partial charge in [-0.1, -0.05) is 12.1 Å². The third-order valence-electron chi connectivity index (χ3n) is 1.84. The van der Waals surface area contributed by atoms with Crippen molar-refractivity contribution in [3.8, 4) is 0 Å². The quantitative estimate of drug-likeness (QED) is 0.694. The highest BCUT2D eigenvalue weighted by atomic mass is 15.0. The largest absolute Gasteiger partial charge is 0.399 e. The van der Waals surface area contributed by atoms with E-state index in [4.69, 9.17) is 5.73 Å². The molecule has 0 bridgehead atoms. The summed E-state index contributed by atoms with van der Waals surface area (Å²) in [5.74, 6) is 0. The maximum absolute atomic E-state index is 5.57. The van der Waals surface area contributed by atoms with Gasteiger partial charge >= 0.3 is 0 Å². The number of nitrogens with two attached hydrogens (primary N) is 1. The first kappa shape index (κ1) is 7.86. The molecule has 0 aliphatic heterocycles. The second kappa shape index (κ2) is 3.31. The fraction of sp³-hybridized carbons (Fsp3) is 0.100. The number of anilines is 1. The molecule has 65 valence electrons. The molecule has 0 unspecified atom stereocenters. The molecule has 0 aliphatic carbocycles. The van der Waals surface area contributed by atoms with Gasteiger partial charge in [0, 0.05) is 24.6 Å². The van der Waals surface area contributed by atoms with Crippen molar-refractivity contribution in [2.75, 3.05) is 5.73 Å². The Labute approximate surface area is 76.8 Å². The molecule has 3 nitrogen and oxygen atoms in total. The second-order valence-corrected chi connectivity index (χ2v) is 2.90. The van der Waals surface area contributed by atoms with E-state index in [9.17, 15) is 0 Å². The van der Waals surface area contributed by atoms with Gasteiger partial charge in [-0.2, -0.15) is 0 Å². The van der Waals surface area contributed by atoms with Crippen LogP contribution in [0.4, 0.5) is 5.69 Å². The number of nitrogen functional groups attached to an aromatic ring is 1. The number of rotatable bonds is 2. The number of benzene rings is 1. The molecular weight excluding hydrogens is 162 g/mol. The zero-order valence-electron chi connectivity index (χ0n) is 7.14. The first-order chi connectivity index (χ1) is 6.34. The Morgan fingerprint density at radius 2 is 2.08 bits per heavy atom. The predicted octanol–water partition coefficient (Wildman–Crippen LogP) is 1.31. The lowest BCUT2D eigenvalue weighted by Gasteiger charge is -2.01. The van der Waals surface area contributed by atoms with Crippen LogP contribution in [-0.2, 0) is 6.54 Å².